The Morgan fingerprint density at radius 2 is 1.71 bits per heavy atom. The number of nitrogens with one attached hydrogen (secondary N) is 1. The fraction of sp³-hybridized carbons (Fsp3) is 0.722. The largest absolute Gasteiger partial charge is 0.356 e. The maximum Gasteiger partial charge on any atom is 0.128 e. The summed E-state index contributed by atoms with van der Waals surface area (Å²) in [6.45, 7) is 5.60. The third-order valence-electron chi connectivity index (χ3n) is 5.01. The van der Waals surface area contributed by atoms with Crippen molar-refractivity contribution in [1.29, 1.82) is 0 Å². The topological polar surface area (TPSA) is 28.2 Å². The average Bonchev–Trinajstić information content (AvgIpc) is 3.34. The van der Waals surface area contributed by atoms with Gasteiger partial charge in [-0.05, 0) is 68.9 Å². The van der Waals surface area contributed by atoms with Crippen molar-refractivity contribution in [3.63, 3.8) is 0 Å². The Kier molecular flexibility index (Phi) is 3.62. The third-order valence-corrected chi connectivity index (χ3v) is 5.01. The molecule has 0 amide bonds. The van der Waals surface area contributed by atoms with Gasteiger partial charge in [-0.2, -0.15) is 0 Å². The van der Waals surface area contributed by atoms with Crippen molar-refractivity contribution in [2.75, 3.05) is 18.0 Å². The molecular weight excluding hydrogens is 258 g/mol. The zero-order chi connectivity index (χ0) is 14.2. The second kappa shape index (κ2) is 5.60. The maximum atomic E-state index is 4.92. The highest BCUT2D eigenvalue weighted by Crippen LogP contribution is 2.35. The molecule has 3 saturated carbocycles. The van der Waals surface area contributed by atoms with Gasteiger partial charge < -0.3 is 10.2 Å². The Morgan fingerprint density at radius 3 is 2.24 bits per heavy atom. The highest BCUT2D eigenvalue weighted by atomic mass is 15.2. The van der Waals surface area contributed by atoms with Gasteiger partial charge in [-0.15, -0.1) is 0 Å². The van der Waals surface area contributed by atoms with E-state index in [0.717, 1.165) is 24.4 Å². The van der Waals surface area contributed by atoms with E-state index in [1.54, 1.807) is 0 Å². The van der Waals surface area contributed by atoms with Crippen LogP contribution in [0.15, 0.2) is 12.1 Å². The van der Waals surface area contributed by atoms with Crippen molar-refractivity contribution in [2.45, 2.75) is 58.0 Å². The Bertz CT molecular complexity index is 487. The number of aromatic nitrogens is 1. The van der Waals surface area contributed by atoms with Crippen LogP contribution >= 0.6 is 0 Å². The molecule has 4 rings (SSSR count). The van der Waals surface area contributed by atoms with E-state index in [2.05, 4.69) is 29.3 Å². The molecule has 3 nitrogen and oxygen atoms in total. The van der Waals surface area contributed by atoms with Crippen LogP contribution in [0.3, 0.4) is 0 Å². The van der Waals surface area contributed by atoms with Crippen LogP contribution in [-0.2, 0) is 6.54 Å². The Balaban J connectivity index is 1.44. The smallest absolute Gasteiger partial charge is 0.128 e. The molecule has 0 spiro atoms. The van der Waals surface area contributed by atoms with Gasteiger partial charge in [0.2, 0.25) is 0 Å². The summed E-state index contributed by atoms with van der Waals surface area (Å²) in [4.78, 5) is 7.48. The Morgan fingerprint density at radius 1 is 1.05 bits per heavy atom. The SMILES string of the molecule is Cc1nc(N(CC2CC2)CC2CC2)ccc1CNC1CC1. The van der Waals surface area contributed by atoms with E-state index in [1.165, 1.54) is 68.7 Å². The summed E-state index contributed by atoms with van der Waals surface area (Å²) in [6.07, 6.45) is 8.38. The fourth-order valence-electron chi connectivity index (χ4n) is 2.97. The molecular formula is C18H27N3. The molecule has 0 atom stereocenters. The molecule has 0 unspecified atom stereocenters. The van der Waals surface area contributed by atoms with Crippen molar-refractivity contribution in [3.05, 3.63) is 23.4 Å². The minimum absolute atomic E-state index is 0.769. The molecule has 1 aromatic rings. The zero-order valence-corrected chi connectivity index (χ0v) is 13.1. The first-order valence-corrected chi connectivity index (χ1v) is 8.73. The lowest BCUT2D eigenvalue weighted by atomic mass is 10.2. The first-order chi connectivity index (χ1) is 10.3. The van der Waals surface area contributed by atoms with E-state index in [-0.39, 0.29) is 0 Å². The predicted octanol–water partition coefficient (Wildman–Crippen LogP) is 3.27. The van der Waals surface area contributed by atoms with Gasteiger partial charge in [0.15, 0.2) is 0 Å². The van der Waals surface area contributed by atoms with Gasteiger partial charge in [0.05, 0.1) is 0 Å². The second-order valence-corrected chi connectivity index (χ2v) is 7.36. The summed E-state index contributed by atoms with van der Waals surface area (Å²) in [5.41, 5.74) is 2.57. The Hall–Kier alpha value is -1.09. The molecule has 1 N–H and O–H groups in total. The molecule has 0 radical (unpaired) electrons. The van der Waals surface area contributed by atoms with E-state index in [9.17, 15) is 0 Å². The zero-order valence-electron chi connectivity index (χ0n) is 13.1. The molecule has 3 aliphatic carbocycles. The fourth-order valence-corrected chi connectivity index (χ4v) is 2.97. The number of rotatable bonds is 8. The molecule has 1 heterocycles. The summed E-state index contributed by atoms with van der Waals surface area (Å²) in [6, 6.07) is 5.31. The summed E-state index contributed by atoms with van der Waals surface area (Å²) in [5, 5.41) is 3.59. The molecule has 1 aromatic heterocycles. The lowest BCUT2D eigenvalue weighted by molar-refractivity contribution is 0.664. The van der Waals surface area contributed by atoms with Gasteiger partial charge in [0, 0.05) is 31.4 Å². The van der Waals surface area contributed by atoms with E-state index in [4.69, 9.17) is 4.98 Å². The minimum Gasteiger partial charge on any atom is -0.356 e. The molecule has 0 bridgehead atoms. The van der Waals surface area contributed by atoms with Crippen molar-refractivity contribution in [2.24, 2.45) is 11.8 Å². The number of aryl methyl sites for hydroxylation is 1. The predicted molar refractivity (Wildman–Crippen MR) is 86.5 cm³/mol. The highest BCUT2D eigenvalue weighted by Gasteiger charge is 2.30. The highest BCUT2D eigenvalue weighted by molar-refractivity contribution is 5.42. The number of nitrogens with zero attached hydrogens (tertiary/aromatic N) is 2. The van der Waals surface area contributed by atoms with E-state index in [1.807, 2.05) is 0 Å². The molecule has 3 aliphatic rings. The molecule has 3 heteroatoms. The van der Waals surface area contributed by atoms with Crippen LogP contribution < -0.4 is 10.2 Å². The lowest BCUT2D eigenvalue weighted by Crippen LogP contribution is -2.29. The van der Waals surface area contributed by atoms with Crippen LogP contribution in [0.4, 0.5) is 5.82 Å². The second-order valence-electron chi connectivity index (χ2n) is 7.36. The van der Waals surface area contributed by atoms with Crippen molar-refractivity contribution < 1.29 is 0 Å². The van der Waals surface area contributed by atoms with Crippen LogP contribution in [0.1, 0.15) is 49.8 Å². The van der Waals surface area contributed by atoms with Gasteiger partial charge in [0.25, 0.3) is 0 Å². The molecule has 0 saturated heterocycles. The van der Waals surface area contributed by atoms with Gasteiger partial charge in [0.1, 0.15) is 5.82 Å². The van der Waals surface area contributed by atoms with Gasteiger partial charge in [-0.1, -0.05) is 6.07 Å². The van der Waals surface area contributed by atoms with Crippen LogP contribution in [0, 0.1) is 18.8 Å². The van der Waals surface area contributed by atoms with Gasteiger partial charge in [-0.25, -0.2) is 4.98 Å². The van der Waals surface area contributed by atoms with Crippen LogP contribution in [0.2, 0.25) is 0 Å². The quantitative estimate of drug-likeness (QED) is 0.794. The third kappa shape index (κ3) is 3.76. The number of pyridine rings is 1. The first-order valence-electron chi connectivity index (χ1n) is 8.73. The minimum atomic E-state index is 0.769. The van der Waals surface area contributed by atoms with Crippen LogP contribution in [-0.4, -0.2) is 24.1 Å². The average molecular weight is 285 g/mol. The van der Waals surface area contributed by atoms with Crippen molar-refractivity contribution in [1.82, 2.24) is 10.3 Å². The lowest BCUT2D eigenvalue weighted by Gasteiger charge is -2.24. The molecule has 114 valence electrons. The first kappa shape index (κ1) is 13.6. The standard InChI is InChI=1S/C18H27N3/c1-13-16(10-19-17-7-8-17)6-9-18(20-13)21(11-14-2-3-14)12-15-4-5-15/h6,9,14-15,17,19H,2-5,7-8,10-12H2,1H3. The summed E-state index contributed by atoms with van der Waals surface area (Å²) in [5.74, 6) is 3.07. The van der Waals surface area contributed by atoms with Crippen molar-refractivity contribution in [3.8, 4) is 0 Å². The van der Waals surface area contributed by atoms with Crippen LogP contribution in [0.5, 0.6) is 0 Å². The van der Waals surface area contributed by atoms with Gasteiger partial charge >= 0.3 is 0 Å². The van der Waals surface area contributed by atoms with E-state index < -0.39 is 0 Å². The summed E-state index contributed by atoms with van der Waals surface area (Å²) < 4.78 is 0. The number of hydrogen-bond donors (Lipinski definition) is 1. The van der Waals surface area contributed by atoms with E-state index in [0.29, 0.717) is 0 Å². The summed E-state index contributed by atoms with van der Waals surface area (Å²) >= 11 is 0. The Labute approximate surface area is 128 Å². The molecule has 0 aromatic carbocycles. The van der Waals surface area contributed by atoms with E-state index >= 15 is 0 Å². The molecule has 0 aliphatic heterocycles. The molecule has 3 fully saturated rings. The van der Waals surface area contributed by atoms with Crippen molar-refractivity contribution >= 4 is 5.82 Å². The summed E-state index contributed by atoms with van der Waals surface area (Å²) in [7, 11) is 0. The normalized spacial score (nSPS) is 21.6. The number of anilines is 1. The molecule has 21 heavy (non-hydrogen) atoms. The van der Waals surface area contributed by atoms with Crippen LogP contribution in [0.25, 0.3) is 0 Å². The maximum absolute atomic E-state index is 4.92. The number of hydrogen-bond acceptors (Lipinski definition) is 3. The van der Waals surface area contributed by atoms with Gasteiger partial charge in [-0.3, -0.25) is 0 Å². The monoisotopic (exact) mass is 285 g/mol.